The average Bonchev–Trinajstić information content (AvgIpc) is 3.26. The van der Waals surface area contributed by atoms with E-state index in [-0.39, 0.29) is 12.2 Å². The molecule has 0 aliphatic heterocycles. The summed E-state index contributed by atoms with van der Waals surface area (Å²) in [7, 11) is 0. The highest BCUT2D eigenvalue weighted by molar-refractivity contribution is 5.55. The van der Waals surface area contributed by atoms with Crippen LogP contribution in [-0.2, 0) is 6.42 Å². The van der Waals surface area contributed by atoms with Crippen molar-refractivity contribution in [3.8, 4) is 22.8 Å². The minimum atomic E-state index is -0.321. The summed E-state index contributed by atoms with van der Waals surface area (Å²) in [6.07, 6.45) is 0.229. The van der Waals surface area contributed by atoms with E-state index in [0.717, 1.165) is 11.1 Å². The summed E-state index contributed by atoms with van der Waals surface area (Å²) in [5.41, 5.74) is 2.64. The van der Waals surface area contributed by atoms with Gasteiger partial charge in [-0.2, -0.15) is 4.98 Å². The van der Waals surface area contributed by atoms with Crippen LogP contribution in [0.25, 0.3) is 22.8 Å². The predicted octanol–water partition coefficient (Wildman–Crippen LogP) is 3.82. The Kier molecular flexibility index (Phi) is 3.81. The molecule has 0 N–H and O–H groups in total. The fourth-order valence-electron chi connectivity index (χ4n) is 2.39. The molecule has 0 aliphatic rings. The summed E-state index contributed by atoms with van der Waals surface area (Å²) in [6, 6.07) is 13.7. The van der Waals surface area contributed by atoms with Gasteiger partial charge in [-0.3, -0.25) is 0 Å². The second-order valence-electron chi connectivity index (χ2n) is 5.57. The van der Waals surface area contributed by atoms with Crippen LogP contribution in [0, 0.1) is 12.7 Å². The van der Waals surface area contributed by atoms with Gasteiger partial charge in [-0.1, -0.05) is 28.9 Å². The third-order valence-corrected chi connectivity index (χ3v) is 3.60. The summed E-state index contributed by atoms with van der Waals surface area (Å²) in [5, 5.41) is 11.9. The SMILES string of the molecule is Cc1cccc(-c2noc(Cc3nnc(-c4ccc(F)cc4)o3)n2)c1. The maximum absolute atomic E-state index is 13.0. The van der Waals surface area contributed by atoms with Crippen molar-refractivity contribution in [2.45, 2.75) is 13.3 Å². The summed E-state index contributed by atoms with van der Waals surface area (Å²) >= 11 is 0. The zero-order valence-corrected chi connectivity index (χ0v) is 13.3. The van der Waals surface area contributed by atoms with E-state index in [2.05, 4.69) is 20.3 Å². The lowest BCUT2D eigenvalue weighted by atomic mass is 10.1. The van der Waals surface area contributed by atoms with E-state index >= 15 is 0 Å². The molecule has 0 radical (unpaired) electrons. The molecular formula is C18H13FN4O2. The van der Waals surface area contributed by atoms with Crippen molar-refractivity contribution in [1.82, 2.24) is 20.3 Å². The Morgan fingerprint density at radius 3 is 2.60 bits per heavy atom. The summed E-state index contributed by atoms with van der Waals surface area (Å²) < 4.78 is 23.8. The van der Waals surface area contributed by atoms with Crippen LogP contribution in [-0.4, -0.2) is 20.3 Å². The van der Waals surface area contributed by atoms with Gasteiger partial charge >= 0.3 is 0 Å². The molecule has 7 heteroatoms. The van der Waals surface area contributed by atoms with E-state index in [0.29, 0.717) is 29.1 Å². The molecule has 0 saturated carbocycles. The average molecular weight is 336 g/mol. The monoisotopic (exact) mass is 336 g/mol. The largest absolute Gasteiger partial charge is 0.420 e. The van der Waals surface area contributed by atoms with Crippen molar-refractivity contribution < 1.29 is 13.3 Å². The maximum Gasteiger partial charge on any atom is 0.247 e. The Labute approximate surface area is 142 Å². The van der Waals surface area contributed by atoms with Gasteiger partial charge in [-0.05, 0) is 37.3 Å². The van der Waals surface area contributed by atoms with E-state index in [4.69, 9.17) is 8.94 Å². The van der Waals surface area contributed by atoms with Crippen molar-refractivity contribution in [3.05, 3.63) is 71.7 Å². The first-order valence-corrected chi connectivity index (χ1v) is 7.65. The third-order valence-electron chi connectivity index (χ3n) is 3.60. The van der Waals surface area contributed by atoms with Crippen LogP contribution in [0.1, 0.15) is 17.3 Å². The second-order valence-corrected chi connectivity index (χ2v) is 5.57. The molecular weight excluding hydrogens is 323 g/mol. The molecule has 0 saturated heterocycles. The van der Waals surface area contributed by atoms with Gasteiger partial charge in [0.05, 0.1) is 0 Å². The van der Waals surface area contributed by atoms with Gasteiger partial charge in [0.2, 0.25) is 23.5 Å². The first-order valence-electron chi connectivity index (χ1n) is 7.65. The number of hydrogen-bond donors (Lipinski definition) is 0. The number of hydrogen-bond acceptors (Lipinski definition) is 6. The van der Waals surface area contributed by atoms with E-state index in [1.807, 2.05) is 31.2 Å². The van der Waals surface area contributed by atoms with Crippen LogP contribution in [0.15, 0.2) is 57.5 Å². The summed E-state index contributed by atoms with van der Waals surface area (Å²) in [4.78, 5) is 4.36. The normalized spacial score (nSPS) is 11.0. The Balaban J connectivity index is 1.52. The lowest BCUT2D eigenvalue weighted by Crippen LogP contribution is -1.89. The predicted molar refractivity (Wildman–Crippen MR) is 87.0 cm³/mol. The smallest absolute Gasteiger partial charge is 0.247 e. The van der Waals surface area contributed by atoms with Gasteiger partial charge in [0.25, 0.3) is 0 Å². The quantitative estimate of drug-likeness (QED) is 0.564. The lowest BCUT2D eigenvalue weighted by Gasteiger charge is -1.95. The molecule has 0 amide bonds. The number of aryl methyl sites for hydroxylation is 1. The molecule has 6 nitrogen and oxygen atoms in total. The first-order chi connectivity index (χ1) is 12.2. The number of rotatable bonds is 4. The molecule has 4 rings (SSSR count). The van der Waals surface area contributed by atoms with Crippen molar-refractivity contribution in [1.29, 1.82) is 0 Å². The van der Waals surface area contributed by atoms with E-state index in [1.165, 1.54) is 12.1 Å². The van der Waals surface area contributed by atoms with Crippen molar-refractivity contribution >= 4 is 0 Å². The zero-order chi connectivity index (χ0) is 17.2. The van der Waals surface area contributed by atoms with Crippen LogP contribution in [0.3, 0.4) is 0 Å². The molecule has 2 heterocycles. The minimum Gasteiger partial charge on any atom is -0.420 e. The highest BCUT2D eigenvalue weighted by Crippen LogP contribution is 2.21. The number of benzene rings is 2. The third kappa shape index (κ3) is 3.30. The Bertz CT molecular complexity index is 1010. The number of aromatic nitrogens is 4. The van der Waals surface area contributed by atoms with E-state index in [1.54, 1.807) is 12.1 Å². The second kappa shape index (κ2) is 6.27. The standard InChI is InChI=1S/C18H13FN4O2/c1-11-3-2-4-13(9-11)17-20-15(25-23-17)10-16-21-22-18(24-16)12-5-7-14(19)8-6-12/h2-9H,10H2,1H3. The van der Waals surface area contributed by atoms with Gasteiger partial charge in [-0.25, -0.2) is 4.39 Å². The molecule has 0 atom stereocenters. The van der Waals surface area contributed by atoms with Crippen molar-refractivity contribution in [2.24, 2.45) is 0 Å². The Morgan fingerprint density at radius 2 is 1.80 bits per heavy atom. The number of nitrogens with zero attached hydrogens (tertiary/aromatic N) is 4. The fraction of sp³-hybridized carbons (Fsp3) is 0.111. The zero-order valence-electron chi connectivity index (χ0n) is 13.3. The van der Waals surface area contributed by atoms with Gasteiger partial charge in [0, 0.05) is 11.1 Å². The van der Waals surface area contributed by atoms with Gasteiger partial charge in [0.15, 0.2) is 0 Å². The highest BCUT2D eigenvalue weighted by Gasteiger charge is 2.14. The Hall–Kier alpha value is -3.35. The van der Waals surface area contributed by atoms with Crippen molar-refractivity contribution in [2.75, 3.05) is 0 Å². The van der Waals surface area contributed by atoms with Crippen LogP contribution < -0.4 is 0 Å². The van der Waals surface area contributed by atoms with Gasteiger partial charge < -0.3 is 8.94 Å². The molecule has 0 fully saturated rings. The topological polar surface area (TPSA) is 77.8 Å². The molecule has 0 aliphatic carbocycles. The molecule has 2 aromatic heterocycles. The summed E-state index contributed by atoms with van der Waals surface area (Å²) in [6.45, 7) is 2.00. The van der Waals surface area contributed by atoms with E-state index in [9.17, 15) is 4.39 Å². The molecule has 124 valence electrons. The molecule has 0 unspecified atom stereocenters. The van der Waals surface area contributed by atoms with Crippen LogP contribution in [0.5, 0.6) is 0 Å². The molecule has 25 heavy (non-hydrogen) atoms. The molecule has 0 bridgehead atoms. The molecule has 4 aromatic rings. The van der Waals surface area contributed by atoms with Gasteiger partial charge in [-0.15, -0.1) is 10.2 Å². The summed E-state index contributed by atoms with van der Waals surface area (Å²) in [5.74, 6) is 1.23. The fourth-order valence-corrected chi connectivity index (χ4v) is 2.39. The lowest BCUT2D eigenvalue weighted by molar-refractivity contribution is 0.374. The van der Waals surface area contributed by atoms with Crippen LogP contribution in [0.2, 0.25) is 0 Å². The van der Waals surface area contributed by atoms with E-state index < -0.39 is 0 Å². The highest BCUT2D eigenvalue weighted by atomic mass is 19.1. The maximum atomic E-state index is 13.0. The van der Waals surface area contributed by atoms with Crippen molar-refractivity contribution in [3.63, 3.8) is 0 Å². The van der Waals surface area contributed by atoms with Gasteiger partial charge in [0.1, 0.15) is 12.2 Å². The van der Waals surface area contributed by atoms with Crippen LogP contribution in [0.4, 0.5) is 4.39 Å². The number of halogens is 1. The first kappa shape index (κ1) is 15.2. The minimum absolute atomic E-state index is 0.229. The van der Waals surface area contributed by atoms with Crippen LogP contribution >= 0.6 is 0 Å². The molecule has 2 aromatic carbocycles. The molecule has 0 spiro atoms. The Morgan fingerprint density at radius 1 is 0.960 bits per heavy atom.